The molecule has 6 rings (SSSR count). The Kier molecular flexibility index (Phi) is 11.9. The minimum absolute atomic E-state index is 0. The van der Waals surface area contributed by atoms with E-state index in [1.165, 1.54) is 55.3 Å². The number of carboxylic acids is 1. The predicted octanol–water partition coefficient (Wildman–Crippen LogP) is 7.64. The van der Waals surface area contributed by atoms with E-state index in [2.05, 4.69) is 127 Å². The first-order valence-electron chi connectivity index (χ1n) is 17.2. The number of nitrogens with zero attached hydrogens (tertiary/aromatic N) is 2. The van der Waals surface area contributed by atoms with Gasteiger partial charge in [-0.2, -0.15) is 4.57 Å². The third kappa shape index (κ3) is 7.42. The molecule has 1 aliphatic heterocycles. The zero-order valence-corrected chi connectivity index (χ0v) is 31.2. The van der Waals surface area contributed by atoms with Crippen LogP contribution in [0.3, 0.4) is 0 Å². The number of carbonyl (C=O) groups is 1. The number of para-hydroxylation sites is 1. The van der Waals surface area contributed by atoms with Crippen LogP contribution in [0.1, 0.15) is 83.3 Å². The van der Waals surface area contributed by atoms with E-state index in [1.54, 1.807) is 0 Å². The van der Waals surface area contributed by atoms with Gasteiger partial charge in [-0.3, -0.25) is 4.79 Å². The van der Waals surface area contributed by atoms with E-state index in [1.807, 2.05) is 0 Å². The van der Waals surface area contributed by atoms with E-state index in [-0.39, 0.29) is 35.8 Å². The van der Waals surface area contributed by atoms with Gasteiger partial charge in [-0.05, 0) is 83.4 Å². The molecule has 2 heterocycles. The third-order valence-electron chi connectivity index (χ3n) is 9.81. The standard InChI is InChI=1S/C42H45ClN2O2.HI/c1-4-27-44-29-26-31(34-16-9-10-18-36(34)44)20-21-32-14-12-15-33(41(32)43)23-25-38-42(2,3)40-35-17-8-7-13-30(35)22-24-37(40)45(38)28-11-5-6-19-39(46)47;/h7-10,13,16-18,20-26,29H,4-6,11-12,14-15,19,27-28H2,1-3H3;1H. The number of benzene rings is 3. The van der Waals surface area contributed by atoms with Crippen LogP contribution < -0.4 is 33.4 Å². The van der Waals surface area contributed by atoms with Gasteiger partial charge in [0.2, 0.25) is 5.52 Å². The second-order valence-electron chi connectivity index (χ2n) is 13.4. The lowest BCUT2D eigenvalue weighted by molar-refractivity contribution is -0.671. The summed E-state index contributed by atoms with van der Waals surface area (Å²) in [7, 11) is 0. The largest absolute Gasteiger partial charge is 1.00 e. The number of aliphatic carboxylic acids is 1. The Labute approximate surface area is 307 Å². The zero-order valence-electron chi connectivity index (χ0n) is 28.3. The molecule has 0 fully saturated rings. The summed E-state index contributed by atoms with van der Waals surface area (Å²) in [6, 6.07) is 24.0. The van der Waals surface area contributed by atoms with Crippen molar-refractivity contribution in [3.63, 3.8) is 0 Å². The molecule has 2 aliphatic rings. The second-order valence-corrected chi connectivity index (χ2v) is 13.8. The van der Waals surface area contributed by atoms with E-state index in [9.17, 15) is 4.79 Å². The van der Waals surface area contributed by atoms with Crippen molar-refractivity contribution in [2.24, 2.45) is 0 Å². The molecule has 0 radical (unpaired) electrons. The normalized spacial score (nSPS) is 17.5. The highest BCUT2D eigenvalue weighted by atomic mass is 127. The van der Waals surface area contributed by atoms with Gasteiger partial charge in [-0.25, -0.2) is 0 Å². The molecule has 250 valence electrons. The molecule has 0 amide bonds. The number of fused-ring (bicyclic) bond motifs is 4. The molecule has 1 aromatic heterocycles. The van der Waals surface area contributed by atoms with Crippen molar-refractivity contribution in [3.8, 4) is 0 Å². The van der Waals surface area contributed by atoms with Crippen LogP contribution in [-0.2, 0) is 16.8 Å². The fourth-order valence-corrected chi connectivity index (χ4v) is 7.78. The maximum absolute atomic E-state index is 11.1. The first-order chi connectivity index (χ1) is 22.8. The Balaban J connectivity index is 0.00000451. The lowest BCUT2D eigenvalue weighted by Crippen LogP contribution is -3.00. The summed E-state index contributed by atoms with van der Waals surface area (Å²) in [6.07, 6.45) is 18.0. The van der Waals surface area contributed by atoms with Crippen molar-refractivity contribution >= 4 is 51.0 Å². The molecule has 4 aromatic rings. The first-order valence-corrected chi connectivity index (χ1v) is 17.6. The van der Waals surface area contributed by atoms with Gasteiger partial charge >= 0.3 is 5.97 Å². The fourth-order valence-electron chi connectivity index (χ4n) is 7.47. The number of unbranched alkanes of at least 4 members (excludes halogenated alkanes) is 2. The zero-order chi connectivity index (χ0) is 33.0. The number of hydrogen-bond acceptors (Lipinski definition) is 2. The van der Waals surface area contributed by atoms with E-state index in [0.717, 1.165) is 56.6 Å². The molecular formula is C42H46ClIN2O2. The van der Waals surface area contributed by atoms with Crippen LogP contribution in [0.5, 0.6) is 0 Å². The number of aromatic nitrogens is 1. The highest BCUT2D eigenvalue weighted by molar-refractivity contribution is 6.32. The Morgan fingerprint density at radius 1 is 0.938 bits per heavy atom. The van der Waals surface area contributed by atoms with Gasteiger partial charge in [-0.15, -0.1) is 0 Å². The number of hydrogen-bond donors (Lipinski definition) is 1. The van der Waals surface area contributed by atoms with Gasteiger partial charge in [0.1, 0.15) is 6.54 Å². The van der Waals surface area contributed by atoms with Crippen LogP contribution >= 0.6 is 11.6 Å². The van der Waals surface area contributed by atoms with Crippen LogP contribution in [0.4, 0.5) is 5.69 Å². The van der Waals surface area contributed by atoms with Crippen LogP contribution in [0.15, 0.2) is 113 Å². The Morgan fingerprint density at radius 3 is 2.50 bits per heavy atom. The summed E-state index contributed by atoms with van der Waals surface area (Å²) in [5.74, 6) is -0.722. The monoisotopic (exact) mass is 772 g/mol. The SMILES string of the molecule is CCC[n+]1ccc(C=CC2=C(Cl)C(=CC=C3N(CCCCCC(=O)O)c4ccc5ccccc5c4C3(C)C)CCC2)c2ccccc21.[I-]. The van der Waals surface area contributed by atoms with Gasteiger partial charge in [0.25, 0.3) is 0 Å². The topological polar surface area (TPSA) is 44.4 Å². The Morgan fingerprint density at radius 2 is 1.71 bits per heavy atom. The lowest BCUT2D eigenvalue weighted by Gasteiger charge is -2.27. The molecule has 0 bridgehead atoms. The number of anilines is 1. The van der Waals surface area contributed by atoms with Crippen LogP contribution in [0, 0.1) is 0 Å². The van der Waals surface area contributed by atoms with Crippen LogP contribution in [0.2, 0.25) is 0 Å². The smallest absolute Gasteiger partial charge is 0.303 e. The predicted molar refractivity (Wildman–Crippen MR) is 197 cm³/mol. The molecular weight excluding hydrogens is 727 g/mol. The average molecular weight is 773 g/mol. The van der Waals surface area contributed by atoms with Gasteiger partial charge in [0, 0.05) is 53.4 Å². The molecule has 1 aliphatic carbocycles. The van der Waals surface area contributed by atoms with Crippen molar-refractivity contribution in [1.29, 1.82) is 0 Å². The van der Waals surface area contributed by atoms with E-state index in [0.29, 0.717) is 6.42 Å². The third-order valence-corrected chi connectivity index (χ3v) is 10.3. The lowest BCUT2D eigenvalue weighted by atomic mass is 9.81. The van der Waals surface area contributed by atoms with Gasteiger partial charge in [-0.1, -0.05) is 99.5 Å². The minimum atomic E-state index is -0.722. The number of allylic oxidation sites excluding steroid dienone is 7. The number of carboxylic acid groups (broad SMARTS) is 1. The Hall–Kier alpha value is -3.42. The van der Waals surface area contributed by atoms with Gasteiger partial charge in [0.15, 0.2) is 6.20 Å². The number of aryl methyl sites for hydroxylation is 1. The fraction of sp³-hybridized carbons (Fsp3) is 0.333. The summed E-state index contributed by atoms with van der Waals surface area (Å²) in [6.45, 7) is 8.73. The highest BCUT2D eigenvalue weighted by Gasteiger charge is 2.40. The van der Waals surface area contributed by atoms with E-state index >= 15 is 0 Å². The van der Waals surface area contributed by atoms with Crippen molar-refractivity contribution in [3.05, 3.63) is 124 Å². The van der Waals surface area contributed by atoms with Gasteiger partial charge in [0.05, 0.1) is 5.39 Å². The molecule has 48 heavy (non-hydrogen) atoms. The van der Waals surface area contributed by atoms with Crippen LogP contribution in [-0.4, -0.2) is 17.6 Å². The average Bonchev–Trinajstić information content (AvgIpc) is 3.29. The van der Waals surface area contributed by atoms with Crippen molar-refractivity contribution < 1.29 is 38.4 Å². The molecule has 0 saturated carbocycles. The minimum Gasteiger partial charge on any atom is -1.00 e. The molecule has 0 unspecified atom stereocenters. The van der Waals surface area contributed by atoms with Crippen molar-refractivity contribution in [2.75, 3.05) is 11.4 Å². The summed E-state index contributed by atoms with van der Waals surface area (Å²) in [4.78, 5) is 13.5. The maximum Gasteiger partial charge on any atom is 0.303 e. The molecule has 0 saturated heterocycles. The van der Waals surface area contributed by atoms with Crippen molar-refractivity contribution in [2.45, 2.75) is 84.1 Å². The summed E-state index contributed by atoms with van der Waals surface area (Å²) in [5.41, 5.74) is 8.50. The number of halogens is 2. The molecule has 0 atom stereocenters. The van der Waals surface area contributed by atoms with E-state index < -0.39 is 5.97 Å². The molecule has 3 aromatic carbocycles. The summed E-state index contributed by atoms with van der Waals surface area (Å²) >= 11 is 7.17. The highest BCUT2D eigenvalue weighted by Crippen LogP contribution is 2.51. The quantitative estimate of drug-likeness (QED) is 0.0970. The Bertz CT molecular complexity index is 1940. The maximum atomic E-state index is 11.1. The molecule has 4 nitrogen and oxygen atoms in total. The number of rotatable bonds is 11. The van der Waals surface area contributed by atoms with Crippen LogP contribution in [0.25, 0.3) is 27.8 Å². The molecule has 6 heteroatoms. The number of pyridine rings is 1. The van der Waals surface area contributed by atoms with Crippen molar-refractivity contribution in [1.82, 2.24) is 0 Å². The first kappa shape index (κ1) is 35.9. The van der Waals surface area contributed by atoms with Gasteiger partial charge < -0.3 is 34.0 Å². The van der Waals surface area contributed by atoms with E-state index in [4.69, 9.17) is 16.7 Å². The second kappa shape index (κ2) is 15.9. The molecule has 0 spiro atoms. The molecule has 1 N–H and O–H groups in total. The summed E-state index contributed by atoms with van der Waals surface area (Å²) < 4.78 is 2.33. The summed E-state index contributed by atoms with van der Waals surface area (Å²) in [5, 5.41) is 13.8.